The monoisotopic (exact) mass is 608 g/mol. The van der Waals surface area contributed by atoms with Gasteiger partial charge in [-0.05, 0) is 44.5 Å². The van der Waals surface area contributed by atoms with Gasteiger partial charge in [0.05, 0.1) is 33.3 Å². The number of nitrogen functional groups attached to an aromatic ring is 1. The number of carbonyl (C=O) groups is 1. The van der Waals surface area contributed by atoms with E-state index in [1.807, 2.05) is 25.7 Å². The number of benzene rings is 2. The molecule has 2 aliphatic heterocycles. The second-order valence-electron chi connectivity index (χ2n) is 10.6. The number of aromatic nitrogens is 3. The van der Waals surface area contributed by atoms with Gasteiger partial charge in [-0.25, -0.2) is 23.5 Å². The zero-order chi connectivity index (χ0) is 28.5. The van der Waals surface area contributed by atoms with Gasteiger partial charge in [-0.1, -0.05) is 22.9 Å². The number of rotatable bonds is 1. The third-order valence-corrected chi connectivity index (χ3v) is 8.24. The van der Waals surface area contributed by atoms with Crippen LogP contribution < -0.4 is 15.4 Å². The number of nitrogens with two attached hydrogens (primary N) is 1. The van der Waals surface area contributed by atoms with Crippen LogP contribution in [0.5, 0.6) is 5.75 Å². The lowest BCUT2D eigenvalue weighted by atomic mass is 9.99. The average molecular weight is 609 g/mol. The van der Waals surface area contributed by atoms with Crippen molar-refractivity contribution in [3.8, 4) is 16.9 Å². The summed E-state index contributed by atoms with van der Waals surface area (Å²) in [5.41, 5.74) is 5.50. The van der Waals surface area contributed by atoms with E-state index in [0.717, 1.165) is 11.3 Å². The molecular weight excluding hydrogens is 585 g/mol. The maximum atomic E-state index is 16.4. The number of amides is 1. The molecule has 4 heterocycles. The Labute approximate surface area is 241 Å². The maximum Gasteiger partial charge on any atom is 0.410 e. The number of thiazole rings is 1. The molecule has 4 aromatic rings. The van der Waals surface area contributed by atoms with Crippen LogP contribution in [0.4, 0.5) is 24.5 Å². The Bertz CT molecular complexity index is 1700. The minimum absolute atomic E-state index is 0.0255. The van der Waals surface area contributed by atoms with Crippen LogP contribution in [0.1, 0.15) is 27.2 Å². The molecule has 0 saturated carbocycles. The predicted molar refractivity (Wildman–Crippen MR) is 152 cm³/mol. The van der Waals surface area contributed by atoms with Crippen LogP contribution in [0.15, 0.2) is 12.1 Å². The van der Waals surface area contributed by atoms with E-state index in [1.54, 1.807) is 4.90 Å². The van der Waals surface area contributed by atoms with Crippen molar-refractivity contribution in [2.24, 2.45) is 0 Å². The van der Waals surface area contributed by atoms with Gasteiger partial charge < -0.3 is 25.0 Å². The Morgan fingerprint density at radius 1 is 1.18 bits per heavy atom. The predicted octanol–water partition coefficient (Wildman–Crippen LogP) is 6.28. The van der Waals surface area contributed by atoms with Crippen LogP contribution in [0.3, 0.4) is 0 Å². The third kappa shape index (κ3) is 4.51. The number of carbonyl (C=O) groups excluding carboxylic acids is 1. The van der Waals surface area contributed by atoms with Crippen molar-refractivity contribution in [3.63, 3.8) is 0 Å². The molecule has 2 N–H and O–H groups in total. The fraction of sp³-hybridized carbons (Fsp3) is 0.385. The summed E-state index contributed by atoms with van der Waals surface area (Å²) in [7, 11) is 0. The van der Waals surface area contributed by atoms with Gasteiger partial charge in [-0.2, -0.15) is 4.98 Å². The van der Waals surface area contributed by atoms with Crippen molar-refractivity contribution in [2.45, 2.75) is 38.8 Å². The van der Waals surface area contributed by atoms with Crippen LogP contribution in [0.2, 0.25) is 10.3 Å². The van der Waals surface area contributed by atoms with Crippen LogP contribution in [0.25, 0.3) is 32.2 Å². The van der Waals surface area contributed by atoms with Crippen molar-refractivity contribution in [1.82, 2.24) is 19.9 Å². The van der Waals surface area contributed by atoms with E-state index in [2.05, 4.69) is 15.0 Å². The van der Waals surface area contributed by atoms with Crippen molar-refractivity contribution < 1.29 is 23.0 Å². The van der Waals surface area contributed by atoms with E-state index >= 15 is 4.39 Å². The van der Waals surface area contributed by atoms with Crippen LogP contribution in [-0.4, -0.2) is 63.8 Å². The van der Waals surface area contributed by atoms with Gasteiger partial charge in [0.15, 0.2) is 16.7 Å². The van der Waals surface area contributed by atoms with Gasteiger partial charge in [0.1, 0.15) is 22.8 Å². The van der Waals surface area contributed by atoms with E-state index in [-0.39, 0.29) is 66.1 Å². The molecule has 0 aliphatic carbocycles. The number of nitrogens with zero attached hydrogens (tertiary/aromatic N) is 5. The van der Waals surface area contributed by atoms with Gasteiger partial charge >= 0.3 is 6.09 Å². The fourth-order valence-corrected chi connectivity index (χ4v) is 6.43. The molecular formula is C26H24Cl2F2N6O3S. The summed E-state index contributed by atoms with van der Waals surface area (Å²) < 4.78 is 42.8. The second-order valence-corrected chi connectivity index (χ2v) is 12.4. The van der Waals surface area contributed by atoms with Gasteiger partial charge in [-0.15, -0.1) is 0 Å². The molecule has 9 nitrogen and oxygen atoms in total. The lowest BCUT2D eigenvalue weighted by Crippen LogP contribution is -2.56. The molecule has 1 fully saturated rings. The van der Waals surface area contributed by atoms with Crippen molar-refractivity contribution in [2.75, 3.05) is 36.9 Å². The average Bonchev–Trinajstić information content (AvgIpc) is 3.27. The minimum atomic E-state index is -0.776. The smallest absolute Gasteiger partial charge is 0.410 e. The summed E-state index contributed by atoms with van der Waals surface area (Å²) >= 11 is 14.1. The highest BCUT2D eigenvalue weighted by molar-refractivity contribution is 7.22. The van der Waals surface area contributed by atoms with Crippen LogP contribution in [0, 0.1) is 11.6 Å². The zero-order valence-corrected chi connectivity index (χ0v) is 24.1. The first-order valence-electron chi connectivity index (χ1n) is 12.5. The second kappa shape index (κ2) is 9.71. The molecule has 1 amide bonds. The molecule has 2 aromatic heterocycles. The molecule has 40 heavy (non-hydrogen) atoms. The largest absolute Gasteiger partial charge is 0.491 e. The standard InChI is InChI=1S/C26H24Cl2F2N6O3S/c1-26(2,3)39-25(37)35-7-8-36-11(10-35)6-9-38-20-15-19(32-23(28)34-22(15)36)17(30)14(16(20)27)12-4-5-13(29)21-18(12)33-24(31)40-21/h4-5,11H,6-10H2,1-3H3,(H2,31,33). The number of fused-ring (bicyclic) bond motifs is 3. The van der Waals surface area contributed by atoms with E-state index in [4.69, 9.17) is 38.4 Å². The third-order valence-electron chi connectivity index (χ3n) is 6.82. The van der Waals surface area contributed by atoms with Crippen LogP contribution >= 0.6 is 34.5 Å². The molecule has 0 radical (unpaired) electrons. The van der Waals surface area contributed by atoms with Gasteiger partial charge in [-0.3, -0.25) is 0 Å². The molecule has 14 heteroatoms. The van der Waals surface area contributed by atoms with Gasteiger partial charge in [0.25, 0.3) is 0 Å². The van der Waals surface area contributed by atoms with Crippen LogP contribution in [-0.2, 0) is 4.74 Å². The summed E-state index contributed by atoms with van der Waals surface area (Å²) in [5.74, 6) is -0.760. The summed E-state index contributed by atoms with van der Waals surface area (Å²) in [6, 6.07) is 2.41. The molecule has 1 atom stereocenters. The van der Waals surface area contributed by atoms with Gasteiger partial charge in [0, 0.05) is 37.2 Å². The Kier molecular flexibility index (Phi) is 6.54. The number of ether oxygens (including phenoxy) is 2. The van der Waals surface area contributed by atoms with Gasteiger partial charge in [0.2, 0.25) is 5.28 Å². The summed E-state index contributed by atoms with van der Waals surface area (Å²) in [6.07, 6.45) is 0.0994. The zero-order valence-electron chi connectivity index (χ0n) is 21.7. The Balaban J connectivity index is 1.50. The Morgan fingerprint density at radius 2 is 1.95 bits per heavy atom. The highest BCUT2D eigenvalue weighted by Crippen LogP contribution is 2.49. The molecule has 0 bridgehead atoms. The summed E-state index contributed by atoms with van der Waals surface area (Å²) in [5, 5.41) is 0.204. The van der Waals surface area contributed by atoms with Crippen molar-refractivity contribution in [3.05, 3.63) is 34.1 Å². The summed E-state index contributed by atoms with van der Waals surface area (Å²) in [4.78, 5) is 29.3. The molecule has 6 rings (SSSR count). The van der Waals surface area contributed by atoms with Crippen molar-refractivity contribution in [1.29, 1.82) is 0 Å². The molecule has 0 spiro atoms. The lowest BCUT2D eigenvalue weighted by molar-refractivity contribution is 0.0207. The highest BCUT2D eigenvalue weighted by Gasteiger charge is 2.37. The maximum absolute atomic E-state index is 16.4. The highest BCUT2D eigenvalue weighted by atomic mass is 35.5. The Hall–Kier alpha value is -3.22. The van der Waals surface area contributed by atoms with E-state index in [1.165, 1.54) is 12.1 Å². The van der Waals surface area contributed by atoms with E-state index in [9.17, 15) is 9.18 Å². The summed E-state index contributed by atoms with van der Waals surface area (Å²) in [6.45, 7) is 6.76. The first-order valence-corrected chi connectivity index (χ1v) is 14.1. The molecule has 1 unspecified atom stereocenters. The lowest BCUT2D eigenvalue weighted by Gasteiger charge is -2.43. The minimum Gasteiger partial charge on any atom is -0.491 e. The Morgan fingerprint density at radius 3 is 2.70 bits per heavy atom. The number of halogens is 4. The first kappa shape index (κ1) is 27.0. The fourth-order valence-electron chi connectivity index (χ4n) is 5.17. The molecule has 2 aliphatic rings. The number of hydrogen-bond donors (Lipinski definition) is 1. The molecule has 210 valence electrons. The topological polar surface area (TPSA) is 107 Å². The molecule has 1 saturated heterocycles. The molecule has 2 aromatic carbocycles. The van der Waals surface area contributed by atoms with Crippen molar-refractivity contribution >= 4 is 72.7 Å². The number of piperazine rings is 1. The number of hydrogen-bond acceptors (Lipinski definition) is 9. The van der Waals surface area contributed by atoms with E-state index in [0.29, 0.717) is 31.9 Å². The first-order chi connectivity index (χ1) is 18.9. The van der Waals surface area contributed by atoms with E-state index < -0.39 is 23.3 Å². The normalized spacial score (nSPS) is 17.4. The SMILES string of the molecule is CC(C)(C)OC(=O)N1CCN2c3nc(Cl)nc4c(F)c(-c5ccc(F)c6sc(N)nc56)c(Cl)c(c34)OCCC2C1. The number of anilines is 2. The quantitative estimate of drug-likeness (QED) is 0.252.